The average Bonchev–Trinajstić information content (AvgIpc) is 3.06. The summed E-state index contributed by atoms with van der Waals surface area (Å²) in [7, 11) is 0. The molecule has 2 fully saturated rings. The molecule has 2 aliphatic rings. The molecule has 1 unspecified atom stereocenters. The summed E-state index contributed by atoms with van der Waals surface area (Å²) in [6.45, 7) is 10.9. The van der Waals surface area contributed by atoms with Crippen molar-refractivity contribution < 1.29 is 0 Å². The van der Waals surface area contributed by atoms with Crippen molar-refractivity contribution in [1.29, 1.82) is 0 Å². The van der Waals surface area contributed by atoms with Crippen molar-refractivity contribution >= 4 is 0 Å². The lowest BCUT2D eigenvalue weighted by molar-refractivity contribution is 0.133. The Morgan fingerprint density at radius 1 is 1.21 bits per heavy atom. The van der Waals surface area contributed by atoms with E-state index in [9.17, 15) is 0 Å². The second-order valence-electron chi connectivity index (χ2n) is 7.26. The van der Waals surface area contributed by atoms with Gasteiger partial charge in [-0.2, -0.15) is 0 Å². The standard InChI is InChI=1S/C17H34N2/c1-4-17(11-7-12-18-17)14-19(13-10-15(2)3)16-8-5-6-9-16/h15-16,18H,4-14H2,1-3H3. The first-order chi connectivity index (χ1) is 9.15. The van der Waals surface area contributed by atoms with Crippen LogP contribution in [0.25, 0.3) is 0 Å². The molecule has 19 heavy (non-hydrogen) atoms. The SMILES string of the molecule is CCC1(CN(CCC(C)C)C2CCCC2)CCCN1. The van der Waals surface area contributed by atoms with Crippen LogP contribution in [0.3, 0.4) is 0 Å². The molecule has 1 aliphatic carbocycles. The highest BCUT2D eigenvalue weighted by Crippen LogP contribution is 2.29. The van der Waals surface area contributed by atoms with Gasteiger partial charge in [-0.3, -0.25) is 4.90 Å². The summed E-state index contributed by atoms with van der Waals surface area (Å²) in [5, 5.41) is 3.82. The van der Waals surface area contributed by atoms with Crippen LogP contribution in [0.5, 0.6) is 0 Å². The second kappa shape index (κ2) is 7.08. The lowest BCUT2D eigenvalue weighted by atomic mass is 9.92. The highest BCUT2D eigenvalue weighted by atomic mass is 15.2. The fourth-order valence-corrected chi connectivity index (χ4v) is 3.89. The van der Waals surface area contributed by atoms with Crippen LogP contribution in [0, 0.1) is 5.92 Å². The van der Waals surface area contributed by atoms with E-state index in [4.69, 9.17) is 0 Å². The zero-order valence-corrected chi connectivity index (χ0v) is 13.4. The van der Waals surface area contributed by atoms with Crippen molar-refractivity contribution in [2.24, 2.45) is 5.92 Å². The Labute approximate surface area is 120 Å². The number of nitrogens with zero attached hydrogens (tertiary/aromatic N) is 1. The quantitative estimate of drug-likeness (QED) is 0.754. The van der Waals surface area contributed by atoms with E-state index >= 15 is 0 Å². The van der Waals surface area contributed by atoms with Crippen molar-refractivity contribution in [3.63, 3.8) is 0 Å². The van der Waals surface area contributed by atoms with E-state index in [1.54, 1.807) is 0 Å². The maximum Gasteiger partial charge on any atom is 0.0306 e. The summed E-state index contributed by atoms with van der Waals surface area (Å²) in [6.07, 6.45) is 11.2. The maximum atomic E-state index is 3.82. The summed E-state index contributed by atoms with van der Waals surface area (Å²) in [4.78, 5) is 2.84. The molecule has 1 N–H and O–H groups in total. The van der Waals surface area contributed by atoms with Gasteiger partial charge in [0.05, 0.1) is 0 Å². The molecule has 0 aromatic heterocycles. The molecule has 0 amide bonds. The first kappa shape index (κ1) is 15.3. The number of hydrogen-bond donors (Lipinski definition) is 1. The predicted octanol–water partition coefficient (Wildman–Crippen LogP) is 3.81. The molecule has 0 aromatic rings. The third-order valence-electron chi connectivity index (χ3n) is 5.35. The first-order valence-electron chi connectivity index (χ1n) is 8.64. The normalized spacial score (nSPS) is 28.9. The molecule has 1 heterocycles. The molecule has 1 saturated carbocycles. The van der Waals surface area contributed by atoms with Gasteiger partial charge in [-0.15, -0.1) is 0 Å². The lowest BCUT2D eigenvalue weighted by Crippen LogP contribution is -2.52. The lowest BCUT2D eigenvalue weighted by Gasteiger charge is -2.38. The van der Waals surface area contributed by atoms with Crippen molar-refractivity contribution in [3.05, 3.63) is 0 Å². The summed E-state index contributed by atoms with van der Waals surface area (Å²) < 4.78 is 0. The summed E-state index contributed by atoms with van der Waals surface area (Å²) in [5.41, 5.74) is 0.430. The van der Waals surface area contributed by atoms with E-state index in [0.29, 0.717) is 5.54 Å². The van der Waals surface area contributed by atoms with E-state index in [2.05, 4.69) is 31.0 Å². The monoisotopic (exact) mass is 266 g/mol. The predicted molar refractivity (Wildman–Crippen MR) is 83.5 cm³/mol. The molecular formula is C17H34N2. The molecule has 1 aliphatic heterocycles. The Morgan fingerprint density at radius 2 is 1.95 bits per heavy atom. The van der Waals surface area contributed by atoms with Gasteiger partial charge in [-0.1, -0.05) is 33.6 Å². The van der Waals surface area contributed by atoms with Gasteiger partial charge in [-0.05, 0) is 57.5 Å². The minimum absolute atomic E-state index is 0.430. The van der Waals surface area contributed by atoms with Crippen LogP contribution in [0.15, 0.2) is 0 Å². The largest absolute Gasteiger partial charge is 0.310 e. The maximum absolute atomic E-state index is 3.82. The highest BCUT2D eigenvalue weighted by Gasteiger charge is 2.35. The van der Waals surface area contributed by atoms with Crippen LogP contribution in [-0.2, 0) is 0 Å². The molecule has 2 heteroatoms. The zero-order chi connectivity index (χ0) is 13.7. The van der Waals surface area contributed by atoms with Crippen molar-refractivity contribution in [2.75, 3.05) is 19.6 Å². The van der Waals surface area contributed by atoms with Crippen LogP contribution >= 0.6 is 0 Å². The molecule has 0 aromatic carbocycles. The second-order valence-corrected chi connectivity index (χ2v) is 7.26. The van der Waals surface area contributed by atoms with Gasteiger partial charge in [0, 0.05) is 18.1 Å². The molecule has 2 rings (SSSR count). The van der Waals surface area contributed by atoms with Gasteiger partial charge in [0.15, 0.2) is 0 Å². The van der Waals surface area contributed by atoms with Crippen molar-refractivity contribution in [1.82, 2.24) is 10.2 Å². The average molecular weight is 266 g/mol. The van der Waals surface area contributed by atoms with E-state index in [1.165, 1.54) is 71.0 Å². The molecule has 0 radical (unpaired) electrons. The summed E-state index contributed by atoms with van der Waals surface area (Å²) in [5.74, 6) is 0.831. The molecule has 112 valence electrons. The Bertz CT molecular complexity index is 250. The third-order valence-corrected chi connectivity index (χ3v) is 5.35. The van der Waals surface area contributed by atoms with Crippen LogP contribution in [0.1, 0.15) is 72.1 Å². The molecular weight excluding hydrogens is 232 g/mol. The van der Waals surface area contributed by atoms with Crippen LogP contribution in [0.4, 0.5) is 0 Å². The van der Waals surface area contributed by atoms with Crippen molar-refractivity contribution in [3.8, 4) is 0 Å². The van der Waals surface area contributed by atoms with E-state index < -0.39 is 0 Å². The summed E-state index contributed by atoms with van der Waals surface area (Å²) in [6, 6.07) is 0.879. The fourth-order valence-electron chi connectivity index (χ4n) is 3.89. The Hall–Kier alpha value is -0.0800. The molecule has 2 nitrogen and oxygen atoms in total. The van der Waals surface area contributed by atoms with E-state index in [-0.39, 0.29) is 0 Å². The molecule has 1 atom stereocenters. The molecule has 0 bridgehead atoms. The number of nitrogens with one attached hydrogen (secondary N) is 1. The third kappa shape index (κ3) is 4.19. The minimum Gasteiger partial charge on any atom is -0.310 e. The first-order valence-corrected chi connectivity index (χ1v) is 8.64. The fraction of sp³-hybridized carbons (Fsp3) is 1.00. The van der Waals surface area contributed by atoms with Crippen LogP contribution in [-0.4, -0.2) is 36.1 Å². The van der Waals surface area contributed by atoms with Gasteiger partial charge in [0.1, 0.15) is 0 Å². The smallest absolute Gasteiger partial charge is 0.0306 e. The molecule has 0 spiro atoms. The number of rotatable bonds is 7. The zero-order valence-electron chi connectivity index (χ0n) is 13.4. The van der Waals surface area contributed by atoms with Gasteiger partial charge in [0.2, 0.25) is 0 Å². The Balaban J connectivity index is 1.95. The van der Waals surface area contributed by atoms with Crippen LogP contribution < -0.4 is 5.32 Å². The topological polar surface area (TPSA) is 15.3 Å². The van der Waals surface area contributed by atoms with Crippen molar-refractivity contribution in [2.45, 2.75) is 83.7 Å². The van der Waals surface area contributed by atoms with Gasteiger partial charge >= 0.3 is 0 Å². The van der Waals surface area contributed by atoms with Crippen LogP contribution in [0.2, 0.25) is 0 Å². The minimum atomic E-state index is 0.430. The summed E-state index contributed by atoms with van der Waals surface area (Å²) >= 11 is 0. The highest BCUT2D eigenvalue weighted by molar-refractivity contribution is 4.96. The Kier molecular flexibility index (Phi) is 5.70. The van der Waals surface area contributed by atoms with E-state index in [1.807, 2.05) is 0 Å². The van der Waals surface area contributed by atoms with E-state index in [0.717, 1.165) is 12.0 Å². The van der Waals surface area contributed by atoms with Gasteiger partial charge < -0.3 is 5.32 Å². The Morgan fingerprint density at radius 3 is 2.47 bits per heavy atom. The molecule has 1 saturated heterocycles. The number of hydrogen-bond acceptors (Lipinski definition) is 2. The van der Waals surface area contributed by atoms with Gasteiger partial charge in [-0.25, -0.2) is 0 Å². The van der Waals surface area contributed by atoms with Gasteiger partial charge in [0.25, 0.3) is 0 Å².